The molecule has 2 N–H and O–H groups in total. The average molecular weight is 347 g/mol. The standard InChI is InChI=1S/C16H19BrN4/c17-14-11-13(12-18)4-5-15(14)20-7-9-21(10-8-20)16-3-1-2-6-19-16/h1-6,11H,7-10,12,18H2. The van der Waals surface area contributed by atoms with Crippen LogP contribution in [0.25, 0.3) is 0 Å². The topological polar surface area (TPSA) is 45.4 Å². The van der Waals surface area contributed by atoms with Gasteiger partial charge >= 0.3 is 0 Å². The van der Waals surface area contributed by atoms with Gasteiger partial charge in [-0.2, -0.15) is 0 Å². The van der Waals surface area contributed by atoms with Crippen molar-refractivity contribution in [1.29, 1.82) is 0 Å². The first-order valence-electron chi connectivity index (χ1n) is 7.17. The van der Waals surface area contributed by atoms with E-state index in [0.29, 0.717) is 6.54 Å². The van der Waals surface area contributed by atoms with Gasteiger partial charge in [0.25, 0.3) is 0 Å². The van der Waals surface area contributed by atoms with Crippen LogP contribution in [0.4, 0.5) is 11.5 Å². The van der Waals surface area contributed by atoms with E-state index in [9.17, 15) is 0 Å². The van der Waals surface area contributed by atoms with Crippen LogP contribution >= 0.6 is 15.9 Å². The highest BCUT2D eigenvalue weighted by Crippen LogP contribution is 2.28. The van der Waals surface area contributed by atoms with Crippen LogP contribution in [0, 0.1) is 0 Å². The minimum Gasteiger partial charge on any atom is -0.367 e. The van der Waals surface area contributed by atoms with Crippen molar-refractivity contribution in [3.8, 4) is 0 Å². The molecule has 1 aromatic heterocycles. The molecule has 0 radical (unpaired) electrons. The predicted octanol–water partition coefficient (Wildman–Crippen LogP) is 2.63. The molecule has 5 heteroatoms. The number of piperazine rings is 1. The number of pyridine rings is 1. The molecular weight excluding hydrogens is 328 g/mol. The fourth-order valence-corrected chi connectivity index (χ4v) is 3.33. The van der Waals surface area contributed by atoms with Gasteiger partial charge in [0.2, 0.25) is 0 Å². The van der Waals surface area contributed by atoms with Gasteiger partial charge in [-0.25, -0.2) is 4.98 Å². The minimum absolute atomic E-state index is 0.576. The van der Waals surface area contributed by atoms with Crippen molar-refractivity contribution in [2.45, 2.75) is 6.54 Å². The third kappa shape index (κ3) is 3.19. The van der Waals surface area contributed by atoms with Crippen molar-refractivity contribution in [3.63, 3.8) is 0 Å². The Morgan fingerprint density at radius 2 is 1.81 bits per heavy atom. The van der Waals surface area contributed by atoms with Gasteiger partial charge in [0.15, 0.2) is 0 Å². The second-order valence-corrected chi connectivity index (χ2v) is 6.01. The molecule has 1 aliphatic heterocycles. The number of benzene rings is 1. The molecule has 1 aliphatic rings. The van der Waals surface area contributed by atoms with Crippen molar-refractivity contribution in [2.75, 3.05) is 36.0 Å². The van der Waals surface area contributed by atoms with Crippen molar-refractivity contribution in [3.05, 3.63) is 52.6 Å². The molecule has 3 rings (SSSR count). The first-order chi connectivity index (χ1) is 10.3. The number of anilines is 2. The van der Waals surface area contributed by atoms with E-state index < -0.39 is 0 Å². The van der Waals surface area contributed by atoms with Crippen LogP contribution in [0.3, 0.4) is 0 Å². The maximum atomic E-state index is 5.68. The highest BCUT2D eigenvalue weighted by atomic mass is 79.9. The zero-order valence-corrected chi connectivity index (χ0v) is 13.5. The molecule has 0 unspecified atom stereocenters. The van der Waals surface area contributed by atoms with Crippen molar-refractivity contribution in [1.82, 2.24) is 4.98 Å². The molecule has 21 heavy (non-hydrogen) atoms. The summed E-state index contributed by atoms with van der Waals surface area (Å²) in [6.07, 6.45) is 1.85. The fourth-order valence-electron chi connectivity index (χ4n) is 2.65. The van der Waals surface area contributed by atoms with Crippen LogP contribution in [0.1, 0.15) is 5.56 Å². The largest absolute Gasteiger partial charge is 0.367 e. The molecule has 0 aliphatic carbocycles. The van der Waals surface area contributed by atoms with E-state index in [2.05, 4.69) is 55.0 Å². The van der Waals surface area contributed by atoms with E-state index in [0.717, 1.165) is 42.0 Å². The summed E-state index contributed by atoms with van der Waals surface area (Å²) in [6.45, 7) is 4.55. The summed E-state index contributed by atoms with van der Waals surface area (Å²) in [4.78, 5) is 9.16. The minimum atomic E-state index is 0.576. The van der Waals surface area contributed by atoms with Gasteiger partial charge in [0, 0.05) is 43.4 Å². The summed E-state index contributed by atoms with van der Waals surface area (Å²) < 4.78 is 1.12. The predicted molar refractivity (Wildman–Crippen MR) is 90.7 cm³/mol. The van der Waals surface area contributed by atoms with Gasteiger partial charge in [-0.3, -0.25) is 0 Å². The summed E-state index contributed by atoms with van der Waals surface area (Å²) in [5.41, 5.74) is 8.08. The van der Waals surface area contributed by atoms with Gasteiger partial charge in [-0.1, -0.05) is 12.1 Å². The molecule has 4 nitrogen and oxygen atoms in total. The van der Waals surface area contributed by atoms with Crippen LogP contribution in [0.15, 0.2) is 47.1 Å². The molecule has 1 aromatic carbocycles. The lowest BCUT2D eigenvalue weighted by Crippen LogP contribution is -2.46. The third-order valence-electron chi connectivity index (χ3n) is 3.84. The summed E-state index contributed by atoms with van der Waals surface area (Å²) in [6, 6.07) is 12.4. The first-order valence-corrected chi connectivity index (χ1v) is 7.96. The normalized spacial score (nSPS) is 15.3. The van der Waals surface area contributed by atoms with E-state index in [1.807, 2.05) is 18.3 Å². The van der Waals surface area contributed by atoms with E-state index in [1.54, 1.807) is 0 Å². The summed E-state index contributed by atoms with van der Waals surface area (Å²) >= 11 is 3.66. The number of rotatable bonds is 3. The van der Waals surface area contributed by atoms with Gasteiger partial charge < -0.3 is 15.5 Å². The summed E-state index contributed by atoms with van der Waals surface area (Å²) in [7, 11) is 0. The van der Waals surface area contributed by atoms with Crippen LogP contribution in [0.5, 0.6) is 0 Å². The molecule has 2 aromatic rings. The highest BCUT2D eigenvalue weighted by Gasteiger charge is 2.19. The zero-order valence-electron chi connectivity index (χ0n) is 11.9. The molecule has 0 atom stereocenters. The van der Waals surface area contributed by atoms with Crippen molar-refractivity contribution in [2.24, 2.45) is 5.73 Å². The zero-order chi connectivity index (χ0) is 14.7. The molecule has 1 fully saturated rings. The van der Waals surface area contributed by atoms with Crippen LogP contribution in [0.2, 0.25) is 0 Å². The Kier molecular flexibility index (Phi) is 4.41. The summed E-state index contributed by atoms with van der Waals surface area (Å²) in [5.74, 6) is 1.06. The molecule has 0 spiro atoms. The van der Waals surface area contributed by atoms with Crippen LogP contribution in [-0.2, 0) is 6.54 Å². The van der Waals surface area contributed by atoms with Crippen molar-refractivity contribution >= 4 is 27.4 Å². The quantitative estimate of drug-likeness (QED) is 0.927. The van der Waals surface area contributed by atoms with Gasteiger partial charge in [-0.15, -0.1) is 0 Å². The van der Waals surface area contributed by atoms with Crippen LogP contribution < -0.4 is 15.5 Å². The lowest BCUT2D eigenvalue weighted by atomic mass is 10.2. The fraction of sp³-hybridized carbons (Fsp3) is 0.312. The maximum absolute atomic E-state index is 5.68. The second-order valence-electron chi connectivity index (χ2n) is 5.15. The van der Waals surface area contributed by atoms with Gasteiger partial charge in [0.1, 0.15) is 5.82 Å². The van der Waals surface area contributed by atoms with E-state index in [-0.39, 0.29) is 0 Å². The average Bonchev–Trinajstić information content (AvgIpc) is 2.56. The number of hydrogen-bond donors (Lipinski definition) is 1. The molecule has 0 amide bonds. The monoisotopic (exact) mass is 346 g/mol. The van der Waals surface area contributed by atoms with E-state index in [1.165, 1.54) is 5.69 Å². The second kappa shape index (κ2) is 6.45. The smallest absolute Gasteiger partial charge is 0.128 e. The lowest BCUT2D eigenvalue weighted by Gasteiger charge is -2.37. The summed E-state index contributed by atoms with van der Waals surface area (Å²) in [5, 5.41) is 0. The molecule has 0 bridgehead atoms. The Labute approximate surface area is 133 Å². The molecule has 110 valence electrons. The Morgan fingerprint density at radius 1 is 1.05 bits per heavy atom. The molecular formula is C16H19BrN4. The van der Waals surface area contributed by atoms with E-state index in [4.69, 9.17) is 5.73 Å². The lowest BCUT2D eigenvalue weighted by molar-refractivity contribution is 0.646. The number of hydrogen-bond acceptors (Lipinski definition) is 4. The Balaban J connectivity index is 1.68. The molecule has 0 saturated carbocycles. The number of nitrogens with two attached hydrogens (primary N) is 1. The number of halogens is 1. The first kappa shape index (κ1) is 14.4. The van der Waals surface area contributed by atoms with Gasteiger partial charge in [-0.05, 0) is 45.8 Å². The highest BCUT2D eigenvalue weighted by molar-refractivity contribution is 9.10. The van der Waals surface area contributed by atoms with Crippen molar-refractivity contribution < 1.29 is 0 Å². The SMILES string of the molecule is NCc1ccc(N2CCN(c3ccccn3)CC2)c(Br)c1. The van der Waals surface area contributed by atoms with E-state index >= 15 is 0 Å². The van der Waals surface area contributed by atoms with Gasteiger partial charge in [0.05, 0.1) is 5.69 Å². The Hall–Kier alpha value is -1.59. The third-order valence-corrected chi connectivity index (χ3v) is 4.48. The Morgan fingerprint density at radius 3 is 2.43 bits per heavy atom. The molecule has 2 heterocycles. The van der Waals surface area contributed by atoms with Crippen LogP contribution in [-0.4, -0.2) is 31.2 Å². The number of nitrogens with zero attached hydrogens (tertiary/aromatic N) is 3. The Bertz CT molecular complexity index is 594. The maximum Gasteiger partial charge on any atom is 0.128 e. The number of aromatic nitrogens is 1. The molecule has 1 saturated heterocycles.